The summed E-state index contributed by atoms with van der Waals surface area (Å²) in [5.41, 5.74) is 0.410. The van der Waals surface area contributed by atoms with Gasteiger partial charge in [0.1, 0.15) is 11.4 Å². The van der Waals surface area contributed by atoms with Crippen LogP contribution in [0.15, 0.2) is 22.7 Å². The second-order valence-corrected chi connectivity index (χ2v) is 6.40. The Bertz CT molecular complexity index is 469. The highest BCUT2D eigenvalue weighted by molar-refractivity contribution is 9.10. The van der Waals surface area contributed by atoms with Gasteiger partial charge in [0.15, 0.2) is 0 Å². The van der Waals surface area contributed by atoms with Crippen molar-refractivity contribution in [3.05, 3.63) is 28.2 Å². The molecule has 1 atom stereocenters. The van der Waals surface area contributed by atoms with Crippen molar-refractivity contribution in [2.24, 2.45) is 0 Å². The van der Waals surface area contributed by atoms with Crippen molar-refractivity contribution in [1.29, 1.82) is 0 Å². The first kappa shape index (κ1) is 16.8. The number of halogens is 1. The summed E-state index contributed by atoms with van der Waals surface area (Å²) in [6.07, 6.45) is -0.435. The van der Waals surface area contributed by atoms with Gasteiger partial charge in [0, 0.05) is 10.0 Å². The fraction of sp³-hybridized carbons (Fsp3) is 0.533. The topological polar surface area (TPSA) is 47.6 Å². The molecule has 0 fully saturated rings. The zero-order valence-corrected chi connectivity index (χ0v) is 14.2. The molecule has 0 heterocycles. The maximum atomic E-state index is 11.8. The number of nitrogens with one attached hydrogen (secondary N) is 1. The monoisotopic (exact) mass is 343 g/mol. The van der Waals surface area contributed by atoms with Crippen LogP contribution in [0.5, 0.6) is 5.75 Å². The molecule has 1 amide bonds. The third kappa shape index (κ3) is 5.41. The van der Waals surface area contributed by atoms with E-state index in [-0.39, 0.29) is 6.04 Å². The molecular weight excluding hydrogens is 322 g/mol. The van der Waals surface area contributed by atoms with Crippen LogP contribution in [0.3, 0.4) is 0 Å². The maximum absolute atomic E-state index is 11.8. The van der Waals surface area contributed by atoms with Gasteiger partial charge in [-0.3, -0.25) is 0 Å². The quantitative estimate of drug-likeness (QED) is 0.879. The summed E-state index contributed by atoms with van der Waals surface area (Å²) in [5.74, 6) is 0.755. The van der Waals surface area contributed by atoms with Crippen molar-refractivity contribution in [1.82, 2.24) is 5.32 Å². The van der Waals surface area contributed by atoms with Gasteiger partial charge in [-0.15, -0.1) is 0 Å². The Labute approximate surface area is 129 Å². The van der Waals surface area contributed by atoms with E-state index in [1.807, 2.05) is 52.8 Å². The molecule has 0 saturated heterocycles. The summed E-state index contributed by atoms with van der Waals surface area (Å²) in [6.45, 7) is 9.91. The lowest BCUT2D eigenvalue weighted by atomic mass is 10.1. The van der Waals surface area contributed by atoms with Gasteiger partial charge in [-0.05, 0) is 46.8 Å². The van der Waals surface area contributed by atoms with Crippen molar-refractivity contribution in [3.63, 3.8) is 0 Å². The average Bonchev–Trinajstić information content (AvgIpc) is 2.26. The SMILES string of the molecule is CCOc1cc(Br)ccc1C(C)NC(=O)OC(C)(C)C. The van der Waals surface area contributed by atoms with E-state index in [4.69, 9.17) is 9.47 Å². The lowest BCUT2D eigenvalue weighted by Crippen LogP contribution is -2.34. The molecule has 0 aromatic heterocycles. The van der Waals surface area contributed by atoms with E-state index in [9.17, 15) is 4.79 Å². The number of carbonyl (C=O) groups excluding carboxylic acids is 1. The van der Waals surface area contributed by atoms with Crippen LogP contribution in [0.2, 0.25) is 0 Å². The average molecular weight is 344 g/mol. The van der Waals surface area contributed by atoms with E-state index in [1.165, 1.54) is 0 Å². The predicted molar refractivity (Wildman–Crippen MR) is 83.1 cm³/mol. The molecule has 1 aromatic rings. The van der Waals surface area contributed by atoms with Gasteiger partial charge in [0.05, 0.1) is 12.6 Å². The second kappa shape index (κ2) is 6.97. The van der Waals surface area contributed by atoms with Crippen molar-refractivity contribution in [3.8, 4) is 5.75 Å². The van der Waals surface area contributed by atoms with Crippen molar-refractivity contribution < 1.29 is 14.3 Å². The highest BCUT2D eigenvalue weighted by Crippen LogP contribution is 2.29. The van der Waals surface area contributed by atoms with E-state index in [0.29, 0.717) is 6.61 Å². The number of rotatable bonds is 4. The second-order valence-electron chi connectivity index (χ2n) is 5.48. The van der Waals surface area contributed by atoms with E-state index >= 15 is 0 Å². The first-order valence-electron chi connectivity index (χ1n) is 6.64. The number of benzene rings is 1. The van der Waals surface area contributed by atoms with Crippen LogP contribution in [0.1, 0.15) is 46.2 Å². The molecule has 0 radical (unpaired) electrons. The van der Waals surface area contributed by atoms with Crippen molar-refractivity contribution >= 4 is 22.0 Å². The highest BCUT2D eigenvalue weighted by Gasteiger charge is 2.20. The number of hydrogen-bond donors (Lipinski definition) is 1. The van der Waals surface area contributed by atoms with Crippen LogP contribution in [-0.2, 0) is 4.74 Å². The molecule has 1 N–H and O–H groups in total. The van der Waals surface area contributed by atoms with Gasteiger partial charge in [-0.2, -0.15) is 0 Å². The van der Waals surface area contributed by atoms with E-state index in [1.54, 1.807) is 0 Å². The van der Waals surface area contributed by atoms with E-state index in [2.05, 4.69) is 21.2 Å². The van der Waals surface area contributed by atoms with Crippen molar-refractivity contribution in [2.45, 2.75) is 46.3 Å². The third-order valence-corrected chi connectivity index (χ3v) is 2.97. The normalized spacial score (nSPS) is 12.7. The molecule has 20 heavy (non-hydrogen) atoms. The number of hydrogen-bond acceptors (Lipinski definition) is 3. The number of amides is 1. The molecule has 0 bridgehead atoms. The fourth-order valence-electron chi connectivity index (χ4n) is 1.71. The summed E-state index contributed by atoms with van der Waals surface area (Å²) in [7, 11) is 0. The predicted octanol–water partition coefficient (Wildman–Crippen LogP) is 4.43. The van der Waals surface area contributed by atoms with E-state index in [0.717, 1.165) is 15.8 Å². The molecule has 0 aliphatic heterocycles. The smallest absolute Gasteiger partial charge is 0.408 e. The van der Waals surface area contributed by atoms with Crippen LogP contribution in [0.25, 0.3) is 0 Å². The molecule has 1 rings (SSSR count). The summed E-state index contributed by atoms with van der Waals surface area (Å²) < 4.78 is 11.8. The summed E-state index contributed by atoms with van der Waals surface area (Å²) in [5, 5.41) is 2.81. The molecular formula is C15H22BrNO3. The Morgan fingerprint density at radius 3 is 2.60 bits per heavy atom. The molecule has 4 nitrogen and oxygen atoms in total. The van der Waals surface area contributed by atoms with Gasteiger partial charge >= 0.3 is 6.09 Å². The molecule has 1 aromatic carbocycles. The van der Waals surface area contributed by atoms with E-state index < -0.39 is 11.7 Å². The number of carbonyl (C=O) groups is 1. The van der Waals surface area contributed by atoms with Gasteiger partial charge in [0.25, 0.3) is 0 Å². The zero-order valence-electron chi connectivity index (χ0n) is 12.6. The molecule has 0 aliphatic rings. The highest BCUT2D eigenvalue weighted by atomic mass is 79.9. The fourth-order valence-corrected chi connectivity index (χ4v) is 2.05. The molecule has 1 unspecified atom stereocenters. The summed E-state index contributed by atoms with van der Waals surface area (Å²) in [4.78, 5) is 11.8. The Morgan fingerprint density at radius 2 is 2.05 bits per heavy atom. The molecule has 0 saturated carbocycles. The van der Waals surface area contributed by atoms with Crippen molar-refractivity contribution in [2.75, 3.05) is 6.61 Å². The summed E-state index contributed by atoms with van der Waals surface area (Å²) in [6, 6.07) is 5.55. The Morgan fingerprint density at radius 1 is 1.40 bits per heavy atom. The molecule has 112 valence electrons. The molecule has 5 heteroatoms. The van der Waals surface area contributed by atoms with Gasteiger partial charge < -0.3 is 14.8 Å². The van der Waals surface area contributed by atoms with Crippen LogP contribution in [0.4, 0.5) is 4.79 Å². The number of ether oxygens (including phenoxy) is 2. The number of alkyl carbamates (subject to hydrolysis) is 1. The van der Waals surface area contributed by atoms with Crippen LogP contribution < -0.4 is 10.1 Å². The first-order valence-corrected chi connectivity index (χ1v) is 7.44. The zero-order chi connectivity index (χ0) is 15.3. The lowest BCUT2D eigenvalue weighted by molar-refractivity contribution is 0.0507. The maximum Gasteiger partial charge on any atom is 0.408 e. The minimum Gasteiger partial charge on any atom is -0.493 e. The largest absolute Gasteiger partial charge is 0.493 e. The van der Waals surface area contributed by atoms with Gasteiger partial charge in [-0.25, -0.2) is 4.79 Å². The first-order chi connectivity index (χ1) is 9.23. The van der Waals surface area contributed by atoms with Gasteiger partial charge in [-0.1, -0.05) is 22.0 Å². The summed E-state index contributed by atoms with van der Waals surface area (Å²) >= 11 is 3.41. The third-order valence-electron chi connectivity index (χ3n) is 2.48. The Kier molecular flexibility index (Phi) is 5.87. The minimum absolute atomic E-state index is 0.195. The Balaban J connectivity index is 2.81. The lowest BCUT2D eigenvalue weighted by Gasteiger charge is -2.23. The molecule has 0 aliphatic carbocycles. The minimum atomic E-state index is -0.508. The molecule has 0 spiro atoms. The van der Waals surface area contributed by atoms with Gasteiger partial charge in [0.2, 0.25) is 0 Å². The standard InChI is InChI=1S/C15H22BrNO3/c1-6-19-13-9-11(16)7-8-12(13)10(2)17-14(18)20-15(3,4)5/h7-10H,6H2,1-5H3,(H,17,18). The van der Waals surface area contributed by atoms with Crippen LogP contribution in [0, 0.1) is 0 Å². The van der Waals surface area contributed by atoms with Crippen LogP contribution in [-0.4, -0.2) is 18.3 Å². The Hall–Kier alpha value is -1.23. The van der Waals surface area contributed by atoms with Crippen LogP contribution >= 0.6 is 15.9 Å².